The number of rotatable bonds is 4. The molecule has 0 aliphatic rings. The highest BCUT2D eigenvalue weighted by Gasteiger charge is 2.21. The fourth-order valence-electron chi connectivity index (χ4n) is 2.69. The summed E-state index contributed by atoms with van der Waals surface area (Å²) in [4.78, 5) is 40.4. The van der Waals surface area contributed by atoms with Crippen LogP contribution in [0.15, 0.2) is 42.6 Å². The number of fused-ring (bicyclic) bond motifs is 1. The Labute approximate surface area is 148 Å². The van der Waals surface area contributed by atoms with E-state index in [1.54, 1.807) is 16.7 Å². The highest BCUT2D eigenvalue weighted by Crippen LogP contribution is 2.22. The van der Waals surface area contributed by atoms with E-state index in [1.165, 1.54) is 25.3 Å². The second kappa shape index (κ2) is 6.67. The van der Waals surface area contributed by atoms with E-state index in [9.17, 15) is 14.4 Å². The number of nitrogens with one attached hydrogen (secondary N) is 1. The minimum Gasteiger partial charge on any atom is -0.465 e. The average molecular weight is 352 g/mol. The first kappa shape index (κ1) is 17.2. The van der Waals surface area contributed by atoms with Gasteiger partial charge in [0.1, 0.15) is 0 Å². The molecule has 0 atom stereocenters. The van der Waals surface area contributed by atoms with Crippen LogP contribution in [0.4, 0.5) is 10.5 Å². The van der Waals surface area contributed by atoms with Gasteiger partial charge in [-0.05, 0) is 37.3 Å². The Morgan fingerprint density at radius 1 is 1.19 bits per heavy atom. The van der Waals surface area contributed by atoms with Gasteiger partial charge in [-0.15, -0.1) is 0 Å². The minimum absolute atomic E-state index is 0.0229. The van der Waals surface area contributed by atoms with Gasteiger partial charge in [-0.2, -0.15) is 0 Å². The zero-order valence-electron chi connectivity index (χ0n) is 14.1. The number of methoxy groups -OCH3 is 1. The molecule has 2 heterocycles. The van der Waals surface area contributed by atoms with Gasteiger partial charge < -0.3 is 15.8 Å². The third-order valence-corrected chi connectivity index (χ3v) is 3.88. The molecule has 2 amide bonds. The first-order chi connectivity index (χ1) is 12.4. The topological polar surface area (TPSA) is 116 Å². The van der Waals surface area contributed by atoms with Crippen LogP contribution >= 0.6 is 0 Å². The lowest BCUT2D eigenvalue weighted by atomic mass is 10.0. The second-order valence-corrected chi connectivity index (χ2v) is 5.55. The maximum atomic E-state index is 12.9. The molecule has 0 aliphatic carbocycles. The summed E-state index contributed by atoms with van der Waals surface area (Å²) in [6, 6.07) is 8.94. The third-order valence-electron chi connectivity index (χ3n) is 3.88. The number of nitrogens with two attached hydrogens (primary N) is 1. The van der Waals surface area contributed by atoms with Gasteiger partial charge >= 0.3 is 12.0 Å². The fourth-order valence-corrected chi connectivity index (χ4v) is 2.69. The number of nitrogens with zero attached hydrogens (tertiary/aromatic N) is 2. The highest BCUT2D eigenvalue weighted by atomic mass is 16.5. The predicted octanol–water partition coefficient (Wildman–Crippen LogP) is 2.15. The Bertz CT molecular complexity index is 1040. The monoisotopic (exact) mass is 352 g/mol. The van der Waals surface area contributed by atoms with Crippen molar-refractivity contribution in [1.82, 2.24) is 9.38 Å². The SMILES string of the molecule is COC(=O)c1cc(C(=O)c2nc(C)c3ccccn23)ccc1NC(N)=O. The van der Waals surface area contributed by atoms with E-state index >= 15 is 0 Å². The van der Waals surface area contributed by atoms with Crippen LogP contribution in [-0.4, -0.2) is 34.3 Å². The van der Waals surface area contributed by atoms with Crippen molar-refractivity contribution in [3.05, 3.63) is 65.2 Å². The molecule has 1 aromatic carbocycles. The van der Waals surface area contributed by atoms with Crippen LogP contribution in [0.3, 0.4) is 0 Å². The van der Waals surface area contributed by atoms with E-state index in [0.29, 0.717) is 5.69 Å². The zero-order valence-corrected chi connectivity index (χ0v) is 14.1. The molecular formula is C18H16N4O4. The number of ether oxygens (including phenoxy) is 1. The van der Waals surface area contributed by atoms with Crippen molar-refractivity contribution < 1.29 is 19.1 Å². The predicted molar refractivity (Wildman–Crippen MR) is 94.3 cm³/mol. The van der Waals surface area contributed by atoms with Crippen molar-refractivity contribution in [1.29, 1.82) is 0 Å². The molecule has 3 rings (SSSR count). The van der Waals surface area contributed by atoms with E-state index in [4.69, 9.17) is 10.5 Å². The standard InChI is InChI=1S/C18H16N4O4/c1-10-14-5-3-4-8-22(14)16(20-10)15(23)11-6-7-13(21-18(19)25)12(9-11)17(24)26-2/h3-9H,1-2H3,(H3,19,21,25). The Morgan fingerprint density at radius 2 is 1.96 bits per heavy atom. The fraction of sp³-hybridized carbons (Fsp3) is 0.111. The largest absolute Gasteiger partial charge is 0.465 e. The molecule has 8 nitrogen and oxygen atoms in total. The Kier molecular flexibility index (Phi) is 4.40. The normalized spacial score (nSPS) is 10.5. The summed E-state index contributed by atoms with van der Waals surface area (Å²) in [5.74, 6) is -0.841. The lowest BCUT2D eigenvalue weighted by Crippen LogP contribution is -2.21. The number of aromatic nitrogens is 2. The number of esters is 1. The van der Waals surface area contributed by atoms with Crippen molar-refractivity contribution in [2.24, 2.45) is 5.73 Å². The molecular weight excluding hydrogens is 336 g/mol. The summed E-state index contributed by atoms with van der Waals surface area (Å²) in [6.45, 7) is 1.81. The summed E-state index contributed by atoms with van der Waals surface area (Å²) in [5.41, 5.74) is 7.05. The van der Waals surface area contributed by atoms with Crippen LogP contribution in [0.5, 0.6) is 0 Å². The number of primary amides is 1. The number of ketones is 1. The zero-order chi connectivity index (χ0) is 18.8. The van der Waals surface area contributed by atoms with Crippen molar-refractivity contribution in [2.45, 2.75) is 6.92 Å². The maximum Gasteiger partial charge on any atom is 0.339 e. The van der Waals surface area contributed by atoms with Crippen molar-refractivity contribution in [3.63, 3.8) is 0 Å². The van der Waals surface area contributed by atoms with Gasteiger partial charge in [-0.3, -0.25) is 9.20 Å². The van der Waals surface area contributed by atoms with Crippen LogP contribution in [-0.2, 0) is 4.74 Å². The number of urea groups is 1. The third kappa shape index (κ3) is 3.00. The number of amides is 2. The van der Waals surface area contributed by atoms with E-state index in [2.05, 4.69) is 10.3 Å². The van der Waals surface area contributed by atoms with Crippen LogP contribution in [0.25, 0.3) is 5.52 Å². The number of hydrogen-bond donors (Lipinski definition) is 2. The molecule has 8 heteroatoms. The quantitative estimate of drug-likeness (QED) is 0.551. The van der Waals surface area contributed by atoms with Crippen LogP contribution < -0.4 is 11.1 Å². The smallest absolute Gasteiger partial charge is 0.339 e. The number of benzene rings is 1. The number of carbonyl (C=O) groups excluding carboxylic acids is 3. The molecule has 0 saturated carbocycles. The number of imidazole rings is 1. The van der Waals surface area contributed by atoms with Crippen molar-refractivity contribution in [3.8, 4) is 0 Å². The van der Waals surface area contributed by atoms with Gasteiger partial charge in [0.25, 0.3) is 0 Å². The summed E-state index contributed by atoms with van der Waals surface area (Å²) >= 11 is 0. The van der Waals surface area contributed by atoms with Crippen LogP contribution in [0.1, 0.15) is 32.2 Å². The Hall–Kier alpha value is -3.68. The number of pyridine rings is 1. The molecule has 0 bridgehead atoms. The molecule has 26 heavy (non-hydrogen) atoms. The van der Waals surface area contributed by atoms with E-state index in [0.717, 1.165) is 5.52 Å². The van der Waals surface area contributed by atoms with Crippen LogP contribution in [0, 0.1) is 6.92 Å². The summed E-state index contributed by atoms with van der Waals surface area (Å²) in [6.07, 6.45) is 1.74. The van der Waals surface area contributed by atoms with Gasteiger partial charge in [-0.25, -0.2) is 14.6 Å². The molecule has 0 saturated heterocycles. The molecule has 0 radical (unpaired) electrons. The molecule has 3 N–H and O–H groups in total. The average Bonchev–Trinajstić information content (AvgIpc) is 2.97. The van der Waals surface area contributed by atoms with Gasteiger partial charge in [0.15, 0.2) is 5.82 Å². The molecule has 0 aliphatic heterocycles. The Morgan fingerprint density at radius 3 is 2.65 bits per heavy atom. The van der Waals surface area contributed by atoms with Gasteiger partial charge in [0, 0.05) is 11.8 Å². The molecule has 3 aromatic rings. The molecule has 0 unspecified atom stereocenters. The number of anilines is 1. The summed E-state index contributed by atoms with van der Waals surface area (Å²) in [7, 11) is 1.20. The second-order valence-electron chi connectivity index (χ2n) is 5.55. The van der Waals surface area contributed by atoms with E-state index in [1.807, 2.05) is 19.1 Å². The van der Waals surface area contributed by atoms with Gasteiger partial charge in [0.2, 0.25) is 5.78 Å². The summed E-state index contributed by atoms with van der Waals surface area (Å²) < 4.78 is 6.40. The lowest BCUT2D eigenvalue weighted by molar-refractivity contribution is 0.0602. The molecule has 0 spiro atoms. The van der Waals surface area contributed by atoms with Gasteiger partial charge in [0.05, 0.1) is 29.6 Å². The minimum atomic E-state index is -0.830. The van der Waals surface area contributed by atoms with E-state index in [-0.39, 0.29) is 28.4 Å². The van der Waals surface area contributed by atoms with Gasteiger partial charge in [-0.1, -0.05) is 6.07 Å². The molecule has 2 aromatic heterocycles. The number of carbonyl (C=O) groups is 3. The first-order valence-corrected chi connectivity index (χ1v) is 7.69. The number of hydrogen-bond acceptors (Lipinski definition) is 5. The lowest BCUT2D eigenvalue weighted by Gasteiger charge is -2.10. The van der Waals surface area contributed by atoms with Crippen LogP contribution in [0.2, 0.25) is 0 Å². The number of aryl methyl sites for hydroxylation is 1. The maximum absolute atomic E-state index is 12.9. The molecule has 132 valence electrons. The van der Waals surface area contributed by atoms with Crippen molar-refractivity contribution >= 4 is 29.0 Å². The van der Waals surface area contributed by atoms with Crippen molar-refractivity contribution in [2.75, 3.05) is 12.4 Å². The summed E-state index contributed by atoms with van der Waals surface area (Å²) in [5, 5.41) is 2.33. The molecule has 0 fully saturated rings. The van der Waals surface area contributed by atoms with E-state index < -0.39 is 12.0 Å². The first-order valence-electron chi connectivity index (χ1n) is 7.69. The Balaban J connectivity index is 2.09. The highest BCUT2D eigenvalue weighted by molar-refractivity contribution is 6.10.